The van der Waals surface area contributed by atoms with Crippen LogP contribution in [-0.2, 0) is 4.79 Å². The molecule has 2 aromatic rings. The van der Waals surface area contributed by atoms with Crippen LogP contribution in [-0.4, -0.2) is 32.2 Å². The van der Waals surface area contributed by atoms with Gasteiger partial charge in [0.1, 0.15) is 16.8 Å². The number of halogens is 1. The Balaban J connectivity index is 2.21. The third-order valence-corrected chi connectivity index (χ3v) is 4.77. The quantitative estimate of drug-likeness (QED) is 0.398. The summed E-state index contributed by atoms with van der Waals surface area (Å²) < 4.78 is 13.7. The molecule has 0 saturated carbocycles. The normalized spacial score (nSPS) is 11.8. The number of aromatic nitrogens is 2. The number of carbonyl (C=O) groups excluding carboxylic acids is 1. The largest absolute Gasteiger partial charge is 0.480 e. The van der Waals surface area contributed by atoms with E-state index in [0.717, 1.165) is 24.2 Å². The Morgan fingerprint density at radius 3 is 2.70 bits per heavy atom. The average molecular weight is 394 g/mol. The maximum atomic E-state index is 13.7. The standard InChI is InChI=1S/C17H19FN4O4S/c1-2-3-8-11(16(25)26)27-17-21-13(19)12(15(24)22-17)20-14(23)9-6-4-5-7-10(9)18/h4-7,11H,2-3,8H2,1H3,(H,20,23)(H,25,26)(H3,19,21,22,24)/t11-/m0/s1. The first kappa shape index (κ1) is 20.4. The minimum absolute atomic E-state index is 0.0323. The Bertz CT molecular complexity index is 903. The molecule has 1 amide bonds. The van der Waals surface area contributed by atoms with Crippen LogP contribution in [0.2, 0.25) is 0 Å². The lowest BCUT2D eigenvalue weighted by molar-refractivity contribution is -0.136. The average Bonchev–Trinajstić information content (AvgIpc) is 2.61. The van der Waals surface area contributed by atoms with E-state index in [-0.39, 0.29) is 22.2 Å². The van der Waals surface area contributed by atoms with Gasteiger partial charge in [0.25, 0.3) is 11.5 Å². The molecule has 144 valence electrons. The number of carboxylic acids is 1. The van der Waals surface area contributed by atoms with Gasteiger partial charge >= 0.3 is 5.97 Å². The molecule has 0 bridgehead atoms. The summed E-state index contributed by atoms with van der Waals surface area (Å²) in [6, 6.07) is 5.28. The van der Waals surface area contributed by atoms with Gasteiger partial charge in [-0.25, -0.2) is 9.37 Å². The first-order valence-electron chi connectivity index (χ1n) is 8.18. The summed E-state index contributed by atoms with van der Waals surface area (Å²) in [6.45, 7) is 1.94. The number of rotatable bonds is 8. The fraction of sp³-hybridized carbons (Fsp3) is 0.294. The van der Waals surface area contributed by atoms with Crippen molar-refractivity contribution in [1.29, 1.82) is 0 Å². The first-order valence-corrected chi connectivity index (χ1v) is 9.06. The molecular formula is C17H19FN4O4S. The Hall–Kier alpha value is -2.88. The van der Waals surface area contributed by atoms with Gasteiger partial charge in [0.2, 0.25) is 0 Å². The predicted molar refractivity (Wildman–Crippen MR) is 100 cm³/mol. The van der Waals surface area contributed by atoms with Gasteiger partial charge in [0.05, 0.1) is 5.56 Å². The molecule has 0 unspecified atom stereocenters. The highest BCUT2D eigenvalue weighted by atomic mass is 32.2. The number of anilines is 2. The number of aromatic amines is 1. The molecule has 0 saturated heterocycles. The summed E-state index contributed by atoms with van der Waals surface area (Å²) in [5.41, 5.74) is 4.41. The van der Waals surface area contributed by atoms with Crippen molar-refractivity contribution in [3.05, 3.63) is 46.0 Å². The number of H-pyrrole nitrogens is 1. The van der Waals surface area contributed by atoms with E-state index in [0.29, 0.717) is 12.8 Å². The van der Waals surface area contributed by atoms with Crippen molar-refractivity contribution >= 4 is 35.1 Å². The van der Waals surface area contributed by atoms with Crippen LogP contribution >= 0.6 is 11.8 Å². The van der Waals surface area contributed by atoms with E-state index in [9.17, 15) is 23.9 Å². The molecule has 10 heteroatoms. The number of benzene rings is 1. The second-order valence-corrected chi connectivity index (χ2v) is 6.84. The molecule has 1 aromatic carbocycles. The van der Waals surface area contributed by atoms with Crippen molar-refractivity contribution in [2.75, 3.05) is 11.1 Å². The molecule has 1 atom stereocenters. The van der Waals surface area contributed by atoms with E-state index in [1.165, 1.54) is 18.2 Å². The highest BCUT2D eigenvalue weighted by molar-refractivity contribution is 8.00. The van der Waals surface area contributed by atoms with Crippen LogP contribution in [0.25, 0.3) is 0 Å². The van der Waals surface area contributed by atoms with Crippen LogP contribution in [0.3, 0.4) is 0 Å². The zero-order valence-corrected chi connectivity index (χ0v) is 15.3. The maximum absolute atomic E-state index is 13.7. The second-order valence-electron chi connectivity index (χ2n) is 5.65. The third kappa shape index (κ3) is 5.30. The van der Waals surface area contributed by atoms with Crippen LogP contribution in [0.15, 0.2) is 34.2 Å². The molecular weight excluding hydrogens is 375 g/mol. The summed E-state index contributed by atoms with van der Waals surface area (Å²) in [5, 5.41) is 10.7. The van der Waals surface area contributed by atoms with E-state index in [1.54, 1.807) is 0 Å². The summed E-state index contributed by atoms with van der Waals surface area (Å²) >= 11 is 0.873. The van der Waals surface area contributed by atoms with Crippen molar-refractivity contribution in [3.8, 4) is 0 Å². The number of hydrogen-bond acceptors (Lipinski definition) is 6. The van der Waals surface area contributed by atoms with Crippen LogP contribution in [0.4, 0.5) is 15.9 Å². The highest BCUT2D eigenvalue weighted by Gasteiger charge is 2.22. The zero-order valence-electron chi connectivity index (χ0n) is 14.5. The fourth-order valence-corrected chi connectivity index (χ4v) is 3.19. The molecule has 27 heavy (non-hydrogen) atoms. The van der Waals surface area contributed by atoms with E-state index in [1.807, 2.05) is 6.92 Å². The van der Waals surface area contributed by atoms with Gasteiger partial charge in [-0.15, -0.1) is 0 Å². The summed E-state index contributed by atoms with van der Waals surface area (Å²) in [5.74, 6) is -2.90. The summed E-state index contributed by atoms with van der Waals surface area (Å²) in [7, 11) is 0. The molecule has 0 radical (unpaired) electrons. The zero-order chi connectivity index (χ0) is 20.0. The lowest BCUT2D eigenvalue weighted by Gasteiger charge is -2.12. The summed E-state index contributed by atoms with van der Waals surface area (Å²) in [4.78, 5) is 42.0. The number of nitrogen functional groups attached to an aromatic ring is 1. The number of nitrogens with zero attached hydrogens (tertiary/aromatic N) is 1. The molecule has 0 aliphatic rings. The first-order chi connectivity index (χ1) is 12.8. The van der Waals surface area contributed by atoms with Gasteiger partial charge in [-0.3, -0.25) is 19.4 Å². The molecule has 0 aliphatic carbocycles. The minimum atomic E-state index is -1.02. The lowest BCUT2D eigenvalue weighted by atomic mass is 10.2. The van der Waals surface area contributed by atoms with Crippen molar-refractivity contribution in [1.82, 2.24) is 9.97 Å². The topological polar surface area (TPSA) is 138 Å². The van der Waals surface area contributed by atoms with Gasteiger partial charge in [0.15, 0.2) is 11.0 Å². The Labute approximate surface area is 158 Å². The molecule has 0 spiro atoms. The Morgan fingerprint density at radius 1 is 1.41 bits per heavy atom. The van der Waals surface area contributed by atoms with Crippen molar-refractivity contribution in [3.63, 3.8) is 0 Å². The Morgan fingerprint density at radius 2 is 2.11 bits per heavy atom. The van der Waals surface area contributed by atoms with Crippen LogP contribution < -0.4 is 16.6 Å². The lowest BCUT2D eigenvalue weighted by Crippen LogP contribution is -2.24. The minimum Gasteiger partial charge on any atom is -0.480 e. The van der Waals surface area contributed by atoms with Crippen LogP contribution in [0, 0.1) is 5.82 Å². The van der Waals surface area contributed by atoms with Gasteiger partial charge in [0, 0.05) is 0 Å². The number of aliphatic carboxylic acids is 1. The molecule has 1 aromatic heterocycles. The number of hydrogen-bond donors (Lipinski definition) is 4. The van der Waals surface area contributed by atoms with Crippen LogP contribution in [0.5, 0.6) is 0 Å². The van der Waals surface area contributed by atoms with E-state index in [4.69, 9.17) is 5.73 Å². The number of carboxylic acid groups (broad SMARTS) is 1. The second kappa shape index (κ2) is 9.17. The molecule has 0 fully saturated rings. The fourth-order valence-electron chi connectivity index (χ4n) is 2.23. The third-order valence-electron chi connectivity index (χ3n) is 3.63. The Kier molecular flexibility index (Phi) is 6.94. The highest BCUT2D eigenvalue weighted by Crippen LogP contribution is 2.25. The van der Waals surface area contributed by atoms with Crippen molar-refractivity contribution < 1.29 is 19.1 Å². The molecule has 0 aliphatic heterocycles. The predicted octanol–water partition coefficient (Wildman–Crippen LogP) is 2.48. The smallest absolute Gasteiger partial charge is 0.317 e. The van der Waals surface area contributed by atoms with Crippen molar-refractivity contribution in [2.45, 2.75) is 36.6 Å². The van der Waals surface area contributed by atoms with Gasteiger partial charge in [-0.05, 0) is 18.6 Å². The molecule has 8 nitrogen and oxygen atoms in total. The number of thioether (sulfide) groups is 1. The molecule has 5 N–H and O–H groups in total. The SMILES string of the molecule is CCCC[C@H](Sc1nc(N)c(NC(=O)c2ccccc2F)c(=O)[nH]1)C(=O)O. The molecule has 1 heterocycles. The van der Waals surface area contributed by atoms with Gasteiger partial charge in [-0.1, -0.05) is 43.7 Å². The van der Waals surface area contributed by atoms with Gasteiger partial charge in [-0.2, -0.15) is 0 Å². The summed E-state index contributed by atoms with van der Waals surface area (Å²) in [6.07, 6.45) is 1.95. The van der Waals surface area contributed by atoms with E-state index >= 15 is 0 Å². The molecule has 2 rings (SSSR count). The number of carbonyl (C=O) groups is 2. The van der Waals surface area contributed by atoms with Crippen molar-refractivity contribution in [2.24, 2.45) is 0 Å². The van der Waals surface area contributed by atoms with Gasteiger partial charge < -0.3 is 16.2 Å². The maximum Gasteiger partial charge on any atom is 0.317 e. The van der Waals surface area contributed by atoms with E-state index in [2.05, 4.69) is 15.3 Å². The van der Waals surface area contributed by atoms with Crippen LogP contribution in [0.1, 0.15) is 36.5 Å². The van der Waals surface area contributed by atoms with E-state index < -0.39 is 28.5 Å². The number of amides is 1. The monoisotopic (exact) mass is 394 g/mol. The number of unbranched alkanes of at least 4 members (excludes halogenated alkanes) is 1. The number of nitrogens with one attached hydrogen (secondary N) is 2. The number of nitrogens with two attached hydrogens (primary N) is 1.